The minimum atomic E-state index is 0.452. The molecule has 2 aromatic heterocycles. The van der Waals surface area contributed by atoms with Crippen LogP contribution < -0.4 is 4.90 Å². The first-order valence-electron chi connectivity index (χ1n) is 5.42. The maximum absolute atomic E-state index is 5.80. The Morgan fingerprint density at radius 1 is 1.50 bits per heavy atom. The van der Waals surface area contributed by atoms with Crippen LogP contribution in [0.1, 0.15) is 16.1 Å². The van der Waals surface area contributed by atoms with E-state index in [4.69, 9.17) is 11.6 Å². The summed E-state index contributed by atoms with van der Waals surface area (Å²) < 4.78 is 1.12. The maximum atomic E-state index is 5.80. The van der Waals surface area contributed by atoms with E-state index < -0.39 is 0 Å². The Bertz CT molecular complexity index is 544. The fraction of sp³-hybridized carbons (Fsp3) is 0.333. The SMILES string of the molecule is Cc1nc(N(C)Cc2cc(Br)cs2)ncc1CCl. The number of alkyl halides is 1. The second kappa shape index (κ2) is 5.99. The lowest BCUT2D eigenvalue weighted by Crippen LogP contribution is -2.19. The molecule has 0 aromatic carbocycles. The fourth-order valence-corrected chi connectivity index (χ4v) is 3.30. The maximum Gasteiger partial charge on any atom is 0.225 e. The molecule has 0 aliphatic heterocycles. The minimum Gasteiger partial charge on any atom is -0.339 e. The molecule has 0 bridgehead atoms. The molecule has 0 N–H and O–H groups in total. The summed E-state index contributed by atoms with van der Waals surface area (Å²) >= 11 is 11.0. The molecular weight excluding hydrogens is 334 g/mol. The molecule has 0 aliphatic rings. The number of halogens is 2. The molecular formula is C12H13BrClN3S. The van der Waals surface area contributed by atoms with E-state index in [0.29, 0.717) is 5.88 Å². The highest BCUT2D eigenvalue weighted by molar-refractivity contribution is 9.10. The lowest BCUT2D eigenvalue weighted by atomic mass is 10.3. The van der Waals surface area contributed by atoms with Crippen LogP contribution in [0.5, 0.6) is 0 Å². The molecule has 0 spiro atoms. The lowest BCUT2D eigenvalue weighted by molar-refractivity contribution is 0.864. The first-order chi connectivity index (χ1) is 8.60. The summed E-state index contributed by atoms with van der Waals surface area (Å²) in [5.74, 6) is 1.18. The average molecular weight is 347 g/mol. The van der Waals surface area contributed by atoms with Gasteiger partial charge in [-0.05, 0) is 28.9 Å². The normalized spacial score (nSPS) is 10.7. The molecule has 0 saturated carbocycles. The van der Waals surface area contributed by atoms with Gasteiger partial charge in [-0.15, -0.1) is 22.9 Å². The zero-order chi connectivity index (χ0) is 13.1. The predicted octanol–water partition coefficient (Wildman–Crippen LogP) is 3.98. The van der Waals surface area contributed by atoms with Gasteiger partial charge >= 0.3 is 0 Å². The number of nitrogens with zero attached hydrogens (tertiary/aromatic N) is 3. The Hall–Kier alpha value is -0.650. The third kappa shape index (κ3) is 3.22. The van der Waals surface area contributed by atoms with Crippen LogP contribution in [-0.2, 0) is 12.4 Å². The van der Waals surface area contributed by atoms with Crippen molar-refractivity contribution < 1.29 is 0 Å². The standard InChI is InChI=1S/C12H13BrClN3S/c1-8-9(4-14)5-15-12(16-8)17(2)6-11-3-10(13)7-18-11/h3,5,7H,4,6H2,1-2H3. The summed E-state index contributed by atoms with van der Waals surface area (Å²) in [6, 6.07) is 2.11. The Morgan fingerprint density at radius 3 is 2.83 bits per heavy atom. The van der Waals surface area contributed by atoms with Gasteiger partial charge in [-0.1, -0.05) is 0 Å². The highest BCUT2D eigenvalue weighted by Crippen LogP contribution is 2.22. The van der Waals surface area contributed by atoms with Gasteiger partial charge in [0.2, 0.25) is 5.95 Å². The number of hydrogen-bond donors (Lipinski definition) is 0. The van der Waals surface area contributed by atoms with Crippen molar-refractivity contribution in [2.45, 2.75) is 19.3 Å². The van der Waals surface area contributed by atoms with E-state index >= 15 is 0 Å². The van der Waals surface area contributed by atoms with Crippen LogP contribution in [-0.4, -0.2) is 17.0 Å². The van der Waals surface area contributed by atoms with Crippen LogP contribution in [0.4, 0.5) is 5.95 Å². The molecule has 18 heavy (non-hydrogen) atoms. The summed E-state index contributed by atoms with van der Waals surface area (Å²) in [4.78, 5) is 12.1. The van der Waals surface area contributed by atoms with Gasteiger partial charge in [0.15, 0.2) is 0 Å². The van der Waals surface area contributed by atoms with Crippen molar-refractivity contribution in [3.8, 4) is 0 Å². The average Bonchev–Trinajstić information content (AvgIpc) is 2.74. The number of aromatic nitrogens is 2. The van der Waals surface area contributed by atoms with Gasteiger partial charge < -0.3 is 4.90 Å². The van der Waals surface area contributed by atoms with Crippen LogP contribution in [0.3, 0.4) is 0 Å². The topological polar surface area (TPSA) is 29.0 Å². The van der Waals surface area contributed by atoms with Crippen LogP contribution in [0.15, 0.2) is 22.1 Å². The molecule has 0 atom stereocenters. The second-order valence-corrected chi connectivity index (χ2v) is 6.18. The molecule has 96 valence electrons. The van der Waals surface area contributed by atoms with E-state index in [9.17, 15) is 0 Å². The molecule has 0 unspecified atom stereocenters. The van der Waals surface area contributed by atoms with Crippen LogP contribution in [0, 0.1) is 6.92 Å². The number of hydrogen-bond acceptors (Lipinski definition) is 4. The van der Waals surface area contributed by atoms with Gasteiger partial charge in [0.25, 0.3) is 0 Å². The minimum absolute atomic E-state index is 0.452. The number of rotatable bonds is 4. The molecule has 3 nitrogen and oxygen atoms in total. The first-order valence-corrected chi connectivity index (χ1v) is 7.63. The zero-order valence-electron chi connectivity index (χ0n) is 10.2. The van der Waals surface area contributed by atoms with E-state index in [1.807, 2.05) is 18.9 Å². The van der Waals surface area contributed by atoms with Crippen molar-refractivity contribution in [3.63, 3.8) is 0 Å². The van der Waals surface area contributed by atoms with Crippen molar-refractivity contribution in [3.05, 3.63) is 38.3 Å². The molecule has 0 aliphatic carbocycles. The molecule has 2 heterocycles. The van der Waals surface area contributed by atoms with E-state index in [1.54, 1.807) is 17.5 Å². The Morgan fingerprint density at radius 2 is 2.28 bits per heavy atom. The van der Waals surface area contributed by atoms with Gasteiger partial charge in [0.1, 0.15) is 0 Å². The smallest absolute Gasteiger partial charge is 0.225 e. The summed E-state index contributed by atoms with van der Waals surface area (Å²) in [5, 5.41) is 2.08. The number of anilines is 1. The molecule has 2 aromatic rings. The second-order valence-electron chi connectivity index (χ2n) is 4.00. The monoisotopic (exact) mass is 345 g/mol. The van der Waals surface area contributed by atoms with E-state index in [0.717, 1.165) is 28.2 Å². The fourth-order valence-electron chi connectivity index (χ4n) is 1.54. The zero-order valence-corrected chi connectivity index (χ0v) is 13.3. The third-order valence-corrected chi connectivity index (χ3v) is 4.54. The first kappa shape index (κ1) is 13.8. The lowest BCUT2D eigenvalue weighted by Gasteiger charge is -2.16. The summed E-state index contributed by atoms with van der Waals surface area (Å²) in [5.41, 5.74) is 1.92. The van der Waals surface area contributed by atoms with Gasteiger partial charge in [0.05, 0.1) is 12.4 Å². The number of thiophene rings is 1. The quantitative estimate of drug-likeness (QED) is 0.784. The molecule has 0 saturated heterocycles. The van der Waals surface area contributed by atoms with Gasteiger partial charge in [0, 0.05) is 39.2 Å². The van der Waals surface area contributed by atoms with E-state index in [1.165, 1.54) is 4.88 Å². The molecule has 2 rings (SSSR count). The molecule has 0 amide bonds. The summed E-state index contributed by atoms with van der Waals surface area (Å²) in [6.07, 6.45) is 1.80. The van der Waals surface area contributed by atoms with E-state index in [2.05, 4.69) is 37.3 Å². The summed E-state index contributed by atoms with van der Waals surface area (Å²) in [7, 11) is 1.99. The largest absolute Gasteiger partial charge is 0.339 e. The van der Waals surface area contributed by atoms with Crippen LogP contribution in [0.2, 0.25) is 0 Å². The van der Waals surface area contributed by atoms with E-state index in [-0.39, 0.29) is 0 Å². The summed E-state index contributed by atoms with van der Waals surface area (Å²) in [6.45, 7) is 2.76. The van der Waals surface area contributed by atoms with Gasteiger partial charge in [-0.2, -0.15) is 0 Å². The molecule has 0 radical (unpaired) electrons. The molecule has 6 heteroatoms. The van der Waals surface area contributed by atoms with Crippen LogP contribution >= 0.6 is 38.9 Å². The van der Waals surface area contributed by atoms with Crippen molar-refractivity contribution in [2.24, 2.45) is 0 Å². The number of aryl methyl sites for hydroxylation is 1. The van der Waals surface area contributed by atoms with Crippen molar-refractivity contribution in [2.75, 3.05) is 11.9 Å². The van der Waals surface area contributed by atoms with Gasteiger partial charge in [-0.3, -0.25) is 0 Å². The molecule has 0 fully saturated rings. The third-order valence-electron chi connectivity index (χ3n) is 2.57. The van der Waals surface area contributed by atoms with Crippen LogP contribution in [0.25, 0.3) is 0 Å². The highest BCUT2D eigenvalue weighted by atomic mass is 79.9. The van der Waals surface area contributed by atoms with Crippen molar-refractivity contribution >= 4 is 44.8 Å². The predicted molar refractivity (Wildman–Crippen MR) is 80.5 cm³/mol. The van der Waals surface area contributed by atoms with Crippen molar-refractivity contribution in [1.82, 2.24) is 9.97 Å². The Balaban J connectivity index is 2.13. The highest BCUT2D eigenvalue weighted by Gasteiger charge is 2.09. The Kier molecular flexibility index (Phi) is 4.59. The van der Waals surface area contributed by atoms with Crippen molar-refractivity contribution in [1.29, 1.82) is 0 Å². The Labute approximate surface area is 124 Å². The van der Waals surface area contributed by atoms with Gasteiger partial charge in [-0.25, -0.2) is 9.97 Å².